The maximum atomic E-state index is 12.2. The number of carbonyl (C=O) groups excluding carboxylic acids is 2. The average molecular weight is 291 g/mol. The lowest BCUT2D eigenvalue weighted by atomic mass is 10.1. The molecule has 1 unspecified atom stereocenters. The third-order valence-corrected chi connectivity index (χ3v) is 4.23. The van der Waals surface area contributed by atoms with E-state index in [0.29, 0.717) is 18.8 Å². The van der Waals surface area contributed by atoms with Crippen LogP contribution in [0.1, 0.15) is 13.3 Å². The van der Waals surface area contributed by atoms with Gasteiger partial charge in [0, 0.05) is 44.9 Å². The van der Waals surface area contributed by atoms with Crippen molar-refractivity contribution >= 4 is 17.6 Å². The summed E-state index contributed by atoms with van der Waals surface area (Å²) in [6, 6.07) is 2.05. The Kier molecular flexibility index (Phi) is 3.67. The molecule has 2 amide bonds. The Morgan fingerprint density at radius 2 is 2.19 bits per heavy atom. The summed E-state index contributed by atoms with van der Waals surface area (Å²) in [5.74, 6) is 0.263. The van der Waals surface area contributed by atoms with Crippen LogP contribution in [-0.2, 0) is 16.1 Å². The number of nitrogens with zero attached hydrogens (tertiary/aromatic N) is 4. The SMILES string of the molecule is CCn1ccc(NC(=O)C2CC(=O)N(C3CN(C)C3)C2)n1. The van der Waals surface area contributed by atoms with Crippen LogP contribution < -0.4 is 5.32 Å². The van der Waals surface area contributed by atoms with Crippen LogP contribution in [0.3, 0.4) is 0 Å². The van der Waals surface area contributed by atoms with Gasteiger partial charge < -0.3 is 15.1 Å². The van der Waals surface area contributed by atoms with Gasteiger partial charge in [-0.1, -0.05) is 0 Å². The van der Waals surface area contributed by atoms with Gasteiger partial charge in [0.05, 0.1) is 12.0 Å². The van der Waals surface area contributed by atoms with E-state index >= 15 is 0 Å². The predicted octanol–water partition coefficient (Wildman–Crippen LogP) is 0.00400. The monoisotopic (exact) mass is 291 g/mol. The number of carbonyl (C=O) groups is 2. The molecule has 0 saturated carbocycles. The van der Waals surface area contributed by atoms with Crippen LogP contribution in [0.15, 0.2) is 12.3 Å². The number of aryl methyl sites for hydroxylation is 1. The minimum Gasteiger partial charge on any atom is -0.336 e. The van der Waals surface area contributed by atoms with Crippen molar-refractivity contribution in [2.45, 2.75) is 25.9 Å². The largest absolute Gasteiger partial charge is 0.336 e. The molecule has 3 rings (SSSR count). The van der Waals surface area contributed by atoms with Gasteiger partial charge in [-0.15, -0.1) is 0 Å². The second-order valence-electron chi connectivity index (χ2n) is 5.87. The third kappa shape index (κ3) is 2.78. The standard InChI is InChI=1S/C14H21N5O2/c1-3-18-5-4-12(16-18)15-14(21)10-6-13(20)19(7-10)11-8-17(2)9-11/h4-5,10-11H,3,6-9H2,1-2H3,(H,15,16,21). The molecule has 2 aliphatic rings. The van der Waals surface area contributed by atoms with Gasteiger partial charge in [-0.25, -0.2) is 0 Å². The Bertz CT molecular complexity index is 549. The highest BCUT2D eigenvalue weighted by Crippen LogP contribution is 2.25. The summed E-state index contributed by atoms with van der Waals surface area (Å²) in [5, 5.41) is 7.03. The fourth-order valence-electron chi connectivity index (χ4n) is 2.96. The highest BCUT2D eigenvalue weighted by molar-refractivity contribution is 5.96. The number of rotatable bonds is 4. The van der Waals surface area contributed by atoms with E-state index in [1.807, 2.05) is 25.1 Å². The van der Waals surface area contributed by atoms with E-state index in [4.69, 9.17) is 0 Å². The first-order chi connectivity index (χ1) is 10.1. The second kappa shape index (κ2) is 5.48. The Morgan fingerprint density at radius 1 is 1.43 bits per heavy atom. The van der Waals surface area contributed by atoms with Crippen LogP contribution in [0.5, 0.6) is 0 Å². The van der Waals surface area contributed by atoms with Crippen LogP contribution in [-0.4, -0.2) is 64.1 Å². The molecule has 0 bridgehead atoms. The summed E-state index contributed by atoms with van der Waals surface area (Å²) < 4.78 is 1.76. The molecule has 2 saturated heterocycles. The summed E-state index contributed by atoms with van der Waals surface area (Å²) in [4.78, 5) is 28.3. The van der Waals surface area contributed by atoms with Crippen LogP contribution in [0.25, 0.3) is 0 Å². The quantitative estimate of drug-likeness (QED) is 0.848. The molecule has 1 aromatic rings. The van der Waals surface area contributed by atoms with E-state index in [1.54, 1.807) is 10.7 Å². The third-order valence-electron chi connectivity index (χ3n) is 4.23. The first kappa shape index (κ1) is 14.1. The van der Waals surface area contributed by atoms with E-state index in [9.17, 15) is 9.59 Å². The van der Waals surface area contributed by atoms with E-state index in [-0.39, 0.29) is 23.8 Å². The molecular weight excluding hydrogens is 270 g/mol. The van der Waals surface area contributed by atoms with Crippen LogP contribution >= 0.6 is 0 Å². The van der Waals surface area contributed by atoms with Crippen LogP contribution in [0, 0.1) is 5.92 Å². The van der Waals surface area contributed by atoms with E-state index < -0.39 is 0 Å². The Balaban J connectivity index is 1.57. The molecule has 0 spiro atoms. The second-order valence-corrected chi connectivity index (χ2v) is 5.87. The molecule has 7 heteroatoms. The van der Waals surface area contributed by atoms with Gasteiger partial charge in [-0.05, 0) is 14.0 Å². The molecule has 0 radical (unpaired) electrons. The molecule has 7 nitrogen and oxygen atoms in total. The summed E-state index contributed by atoms with van der Waals surface area (Å²) >= 11 is 0. The Hall–Kier alpha value is -1.89. The molecule has 0 aromatic carbocycles. The van der Waals surface area contributed by atoms with Crippen molar-refractivity contribution < 1.29 is 9.59 Å². The van der Waals surface area contributed by atoms with Crippen molar-refractivity contribution in [2.75, 3.05) is 32.0 Å². The van der Waals surface area contributed by atoms with Gasteiger partial charge in [0.15, 0.2) is 5.82 Å². The summed E-state index contributed by atoms with van der Waals surface area (Å²) in [5.41, 5.74) is 0. The number of likely N-dealkylation sites (tertiary alicyclic amines) is 2. The average Bonchev–Trinajstić information content (AvgIpc) is 3.02. The molecule has 2 fully saturated rings. The van der Waals surface area contributed by atoms with Gasteiger partial charge in [0.2, 0.25) is 11.8 Å². The predicted molar refractivity (Wildman–Crippen MR) is 77.6 cm³/mol. The number of hydrogen-bond acceptors (Lipinski definition) is 4. The van der Waals surface area contributed by atoms with Gasteiger partial charge in [0.1, 0.15) is 0 Å². The minimum absolute atomic E-state index is 0.0901. The molecule has 3 heterocycles. The van der Waals surface area contributed by atoms with E-state index in [0.717, 1.165) is 19.6 Å². The lowest BCUT2D eigenvalue weighted by Crippen LogP contribution is -2.58. The Morgan fingerprint density at radius 3 is 2.81 bits per heavy atom. The topological polar surface area (TPSA) is 70.5 Å². The molecule has 114 valence electrons. The number of amides is 2. The van der Waals surface area contributed by atoms with Gasteiger partial charge in [-0.2, -0.15) is 5.10 Å². The highest BCUT2D eigenvalue weighted by atomic mass is 16.2. The lowest BCUT2D eigenvalue weighted by molar-refractivity contribution is -0.132. The number of anilines is 1. The number of aromatic nitrogens is 2. The lowest BCUT2D eigenvalue weighted by Gasteiger charge is -2.42. The molecule has 21 heavy (non-hydrogen) atoms. The van der Waals surface area contributed by atoms with Crippen molar-refractivity contribution in [3.63, 3.8) is 0 Å². The van der Waals surface area contributed by atoms with Gasteiger partial charge in [-0.3, -0.25) is 14.3 Å². The Labute approximate surface area is 123 Å². The van der Waals surface area contributed by atoms with Crippen molar-refractivity contribution in [3.8, 4) is 0 Å². The number of hydrogen-bond donors (Lipinski definition) is 1. The number of nitrogens with one attached hydrogen (secondary N) is 1. The van der Waals surface area contributed by atoms with Crippen molar-refractivity contribution in [1.82, 2.24) is 19.6 Å². The van der Waals surface area contributed by atoms with Crippen LogP contribution in [0.4, 0.5) is 5.82 Å². The summed E-state index contributed by atoms with van der Waals surface area (Å²) in [6.07, 6.45) is 2.13. The normalized spacial score (nSPS) is 23.4. The minimum atomic E-state index is -0.268. The molecular formula is C14H21N5O2. The summed E-state index contributed by atoms with van der Waals surface area (Å²) in [6.45, 7) is 5.09. The summed E-state index contributed by atoms with van der Waals surface area (Å²) in [7, 11) is 2.03. The zero-order valence-corrected chi connectivity index (χ0v) is 12.5. The zero-order chi connectivity index (χ0) is 15.0. The maximum absolute atomic E-state index is 12.2. The highest BCUT2D eigenvalue weighted by Gasteiger charge is 2.41. The maximum Gasteiger partial charge on any atom is 0.230 e. The smallest absolute Gasteiger partial charge is 0.230 e. The molecule has 0 aliphatic carbocycles. The molecule has 1 N–H and O–H groups in total. The molecule has 1 aromatic heterocycles. The van der Waals surface area contributed by atoms with Gasteiger partial charge >= 0.3 is 0 Å². The zero-order valence-electron chi connectivity index (χ0n) is 12.5. The fraction of sp³-hybridized carbons (Fsp3) is 0.643. The van der Waals surface area contributed by atoms with E-state index in [1.165, 1.54) is 0 Å². The molecule has 1 atom stereocenters. The van der Waals surface area contributed by atoms with E-state index in [2.05, 4.69) is 15.3 Å². The van der Waals surface area contributed by atoms with Crippen molar-refractivity contribution in [3.05, 3.63) is 12.3 Å². The van der Waals surface area contributed by atoms with Crippen LogP contribution in [0.2, 0.25) is 0 Å². The number of likely N-dealkylation sites (N-methyl/N-ethyl adjacent to an activating group) is 1. The molecule has 2 aliphatic heterocycles. The first-order valence-corrected chi connectivity index (χ1v) is 7.39. The first-order valence-electron chi connectivity index (χ1n) is 7.39. The van der Waals surface area contributed by atoms with Crippen molar-refractivity contribution in [2.24, 2.45) is 5.92 Å². The van der Waals surface area contributed by atoms with Gasteiger partial charge in [0.25, 0.3) is 0 Å². The van der Waals surface area contributed by atoms with Crippen molar-refractivity contribution in [1.29, 1.82) is 0 Å². The fourth-order valence-corrected chi connectivity index (χ4v) is 2.96.